The van der Waals surface area contributed by atoms with E-state index in [1.165, 1.54) is 0 Å². The number of benzene rings is 1. The number of ether oxygens (including phenoxy) is 1. The number of thiazole rings is 1. The molecule has 6 heteroatoms. The molecule has 0 saturated carbocycles. The number of guanidine groups is 1. The first-order valence-corrected chi connectivity index (χ1v) is 9.99. The summed E-state index contributed by atoms with van der Waals surface area (Å²) in [6.07, 6.45) is 0. The van der Waals surface area contributed by atoms with Crippen molar-refractivity contribution in [1.29, 1.82) is 0 Å². The summed E-state index contributed by atoms with van der Waals surface area (Å²) in [7, 11) is 0. The van der Waals surface area contributed by atoms with Crippen molar-refractivity contribution >= 4 is 17.3 Å². The van der Waals surface area contributed by atoms with Gasteiger partial charge in [0.25, 0.3) is 0 Å². The Bertz CT molecular complexity index is 719. The standard InChI is InChI=1S/C20H30N4OS/c1-6-21-19(22-12-15-10-8-9-11-16(15)25-7-2)23-13-18-24-17(14-26-18)20(3,4)5/h8-11,14H,6-7,12-13H2,1-5H3,(H2,21,22,23). The minimum Gasteiger partial charge on any atom is -0.494 e. The monoisotopic (exact) mass is 374 g/mol. The molecule has 5 nitrogen and oxygen atoms in total. The lowest BCUT2D eigenvalue weighted by atomic mass is 9.93. The lowest BCUT2D eigenvalue weighted by Crippen LogP contribution is -2.36. The van der Waals surface area contributed by atoms with Crippen molar-refractivity contribution < 1.29 is 4.74 Å². The smallest absolute Gasteiger partial charge is 0.191 e. The molecular formula is C20H30N4OS. The van der Waals surface area contributed by atoms with Crippen LogP contribution in [-0.2, 0) is 18.5 Å². The van der Waals surface area contributed by atoms with E-state index in [-0.39, 0.29) is 5.41 Å². The zero-order chi connectivity index (χ0) is 19.0. The fourth-order valence-corrected chi connectivity index (χ4v) is 3.29. The van der Waals surface area contributed by atoms with Gasteiger partial charge in [0.15, 0.2) is 5.96 Å². The topological polar surface area (TPSA) is 58.5 Å². The molecule has 142 valence electrons. The van der Waals surface area contributed by atoms with Crippen LogP contribution in [0.3, 0.4) is 0 Å². The zero-order valence-electron chi connectivity index (χ0n) is 16.4. The van der Waals surface area contributed by atoms with E-state index in [1.807, 2.05) is 25.1 Å². The summed E-state index contributed by atoms with van der Waals surface area (Å²) in [5, 5.41) is 9.86. The van der Waals surface area contributed by atoms with E-state index in [4.69, 9.17) is 9.72 Å². The van der Waals surface area contributed by atoms with Crippen molar-refractivity contribution in [3.8, 4) is 5.75 Å². The zero-order valence-corrected chi connectivity index (χ0v) is 17.2. The predicted octanol–water partition coefficient (Wildman–Crippen LogP) is 4.09. The Morgan fingerprint density at radius 1 is 1.19 bits per heavy atom. The van der Waals surface area contributed by atoms with E-state index >= 15 is 0 Å². The van der Waals surface area contributed by atoms with Crippen molar-refractivity contribution in [1.82, 2.24) is 15.6 Å². The number of hydrogen-bond donors (Lipinski definition) is 2. The van der Waals surface area contributed by atoms with Crippen LogP contribution in [0.15, 0.2) is 34.6 Å². The SMILES string of the molecule is CCNC(=NCc1ccccc1OCC)NCc1nc(C(C)(C)C)cs1. The third kappa shape index (κ3) is 6.02. The Kier molecular flexibility index (Phi) is 7.45. The summed E-state index contributed by atoms with van der Waals surface area (Å²) in [5.74, 6) is 1.68. The van der Waals surface area contributed by atoms with Crippen molar-refractivity contribution in [2.24, 2.45) is 4.99 Å². The van der Waals surface area contributed by atoms with Gasteiger partial charge >= 0.3 is 0 Å². The van der Waals surface area contributed by atoms with Crippen LogP contribution >= 0.6 is 11.3 Å². The van der Waals surface area contributed by atoms with Gasteiger partial charge in [0.05, 0.1) is 25.4 Å². The number of para-hydroxylation sites is 1. The molecule has 0 radical (unpaired) electrons. The number of nitrogens with one attached hydrogen (secondary N) is 2. The van der Waals surface area contributed by atoms with Gasteiger partial charge in [0.2, 0.25) is 0 Å². The fourth-order valence-electron chi connectivity index (χ4n) is 2.33. The van der Waals surface area contributed by atoms with E-state index < -0.39 is 0 Å². The van der Waals surface area contributed by atoms with Crippen molar-refractivity contribution in [3.05, 3.63) is 45.9 Å². The van der Waals surface area contributed by atoms with E-state index in [9.17, 15) is 0 Å². The van der Waals surface area contributed by atoms with Gasteiger partial charge < -0.3 is 15.4 Å². The molecule has 0 saturated heterocycles. The van der Waals surface area contributed by atoms with Crippen LogP contribution in [0.25, 0.3) is 0 Å². The summed E-state index contributed by atoms with van der Waals surface area (Å²) in [5.41, 5.74) is 2.29. The molecule has 0 aliphatic heterocycles. The normalized spacial score (nSPS) is 12.1. The highest BCUT2D eigenvalue weighted by atomic mass is 32.1. The molecular weight excluding hydrogens is 344 g/mol. The molecule has 0 aliphatic rings. The first-order chi connectivity index (χ1) is 12.4. The van der Waals surface area contributed by atoms with Crippen LogP contribution in [0.1, 0.15) is 50.9 Å². The molecule has 2 rings (SSSR count). The molecule has 1 aromatic carbocycles. The second kappa shape index (κ2) is 9.57. The average molecular weight is 375 g/mol. The molecule has 0 atom stereocenters. The Morgan fingerprint density at radius 2 is 1.96 bits per heavy atom. The maximum atomic E-state index is 5.67. The van der Waals surface area contributed by atoms with Crippen LogP contribution in [0, 0.1) is 0 Å². The van der Waals surface area contributed by atoms with Crippen molar-refractivity contribution in [2.75, 3.05) is 13.2 Å². The van der Waals surface area contributed by atoms with Crippen molar-refractivity contribution in [3.63, 3.8) is 0 Å². The first kappa shape index (κ1) is 20.2. The van der Waals surface area contributed by atoms with Crippen LogP contribution in [0.4, 0.5) is 0 Å². The highest BCUT2D eigenvalue weighted by Crippen LogP contribution is 2.23. The Hall–Kier alpha value is -2.08. The number of aliphatic imine (C=N–C) groups is 1. The molecule has 0 unspecified atom stereocenters. The number of aromatic nitrogens is 1. The molecule has 0 amide bonds. The highest BCUT2D eigenvalue weighted by molar-refractivity contribution is 7.09. The van der Waals surface area contributed by atoms with E-state index in [0.717, 1.165) is 34.5 Å². The molecule has 1 heterocycles. The maximum Gasteiger partial charge on any atom is 0.191 e. The van der Waals surface area contributed by atoms with Gasteiger partial charge in [0, 0.05) is 22.9 Å². The summed E-state index contributed by atoms with van der Waals surface area (Å²) in [6.45, 7) is 13.3. The Balaban J connectivity index is 2.02. The average Bonchev–Trinajstić information content (AvgIpc) is 3.08. The summed E-state index contributed by atoms with van der Waals surface area (Å²) in [6, 6.07) is 8.03. The predicted molar refractivity (Wildman–Crippen MR) is 110 cm³/mol. The maximum absolute atomic E-state index is 5.67. The lowest BCUT2D eigenvalue weighted by Gasteiger charge is -2.14. The summed E-state index contributed by atoms with van der Waals surface area (Å²) >= 11 is 1.68. The van der Waals surface area contributed by atoms with E-state index in [1.54, 1.807) is 11.3 Å². The molecule has 2 N–H and O–H groups in total. The molecule has 0 spiro atoms. The number of nitrogens with zero attached hydrogens (tertiary/aromatic N) is 2. The van der Waals surface area contributed by atoms with Crippen LogP contribution in [0.2, 0.25) is 0 Å². The molecule has 26 heavy (non-hydrogen) atoms. The van der Waals surface area contributed by atoms with Gasteiger partial charge in [-0.1, -0.05) is 39.0 Å². The molecule has 2 aromatic rings. The summed E-state index contributed by atoms with van der Waals surface area (Å²) in [4.78, 5) is 9.41. The number of rotatable bonds is 7. The Labute approximate surface area is 160 Å². The second-order valence-corrected chi connectivity index (χ2v) is 7.91. The second-order valence-electron chi connectivity index (χ2n) is 6.97. The molecule has 1 aromatic heterocycles. The summed E-state index contributed by atoms with van der Waals surface area (Å²) < 4.78 is 5.67. The van der Waals surface area contributed by atoms with Gasteiger partial charge in [-0.15, -0.1) is 11.3 Å². The fraction of sp³-hybridized carbons (Fsp3) is 0.500. The largest absolute Gasteiger partial charge is 0.494 e. The third-order valence-corrected chi connectivity index (χ3v) is 4.60. The lowest BCUT2D eigenvalue weighted by molar-refractivity contribution is 0.336. The van der Waals surface area contributed by atoms with Gasteiger partial charge in [-0.25, -0.2) is 9.98 Å². The van der Waals surface area contributed by atoms with E-state index in [2.05, 4.69) is 54.8 Å². The van der Waals surface area contributed by atoms with Crippen LogP contribution < -0.4 is 15.4 Å². The minimum atomic E-state index is 0.0797. The number of hydrogen-bond acceptors (Lipinski definition) is 4. The Morgan fingerprint density at radius 3 is 2.62 bits per heavy atom. The van der Waals surface area contributed by atoms with Crippen molar-refractivity contribution in [2.45, 2.75) is 53.1 Å². The van der Waals surface area contributed by atoms with Crippen LogP contribution in [-0.4, -0.2) is 24.1 Å². The third-order valence-electron chi connectivity index (χ3n) is 3.75. The minimum absolute atomic E-state index is 0.0797. The van der Waals surface area contributed by atoms with Gasteiger partial charge in [-0.05, 0) is 19.9 Å². The van der Waals surface area contributed by atoms with E-state index in [0.29, 0.717) is 19.7 Å². The first-order valence-electron chi connectivity index (χ1n) is 9.11. The van der Waals surface area contributed by atoms with Gasteiger partial charge in [0.1, 0.15) is 10.8 Å². The molecule has 0 aliphatic carbocycles. The molecule has 0 fully saturated rings. The molecule has 0 bridgehead atoms. The van der Waals surface area contributed by atoms with Gasteiger partial charge in [-0.2, -0.15) is 0 Å². The quantitative estimate of drug-likeness (QED) is 0.566. The highest BCUT2D eigenvalue weighted by Gasteiger charge is 2.17. The van der Waals surface area contributed by atoms with Crippen LogP contribution in [0.5, 0.6) is 5.75 Å². The van der Waals surface area contributed by atoms with Gasteiger partial charge in [-0.3, -0.25) is 0 Å².